The zero-order chi connectivity index (χ0) is 20.3. The molecule has 3 fully saturated rings. The molecule has 0 spiro atoms. The summed E-state index contributed by atoms with van der Waals surface area (Å²) in [6.07, 6.45) is 15.4. The minimum absolute atomic E-state index is 0.0654. The molecule has 3 rings (SSSR count). The number of hydrogen-bond donors (Lipinski definition) is 0. The Bertz CT molecular complexity index is 655. The lowest BCUT2D eigenvalue weighted by Crippen LogP contribution is -2.37. The number of esters is 1. The second-order valence-electron chi connectivity index (χ2n) is 9.99. The Morgan fingerprint density at radius 2 is 2.07 bits per heavy atom. The number of allylic oxidation sites excluding steroid dienone is 5. The highest BCUT2D eigenvalue weighted by molar-refractivity contribution is 5.68. The van der Waals surface area contributed by atoms with Gasteiger partial charge in [0.1, 0.15) is 0 Å². The van der Waals surface area contributed by atoms with Crippen molar-refractivity contribution in [3.63, 3.8) is 0 Å². The Morgan fingerprint density at radius 1 is 1.29 bits per heavy atom. The monoisotopic (exact) mass is 384 g/mol. The van der Waals surface area contributed by atoms with E-state index < -0.39 is 0 Å². The van der Waals surface area contributed by atoms with Crippen LogP contribution in [0.25, 0.3) is 0 Å². The second kappa shape index (κ2) is 9.01. The van der Waals surface area contributed by atoms with E-state index in [0.717, 1.165) is 12.3 Å². The van der Waals surface area contributed by atoms with Crippen LogP contribution in [0.2, 0.25) is 0 Å². The van der Waals surface area contributed by atoms with Gasteiger partial charge in [0.25, 0.3) is 0 Å². The third-order valence-corrected chi connectivity index (χ3v) is 7.98. The normalized spacial score (nSPS) is 37.1. The first kappa shape index (κ1) is 21.4. The van der Waals surface area contributed by atoms with Crippen molar-refractivity contribution in [2.75, 3.05) is 6.61 Å². The molecule has 0 amide bonds. The van der Waals surface area contributed by atoms with E-state index in [1.54, 1.807) is 5.57 Å². The molecule has 5 unspecified atom stereocenters. The maximum absolute atomic E-state index is 11.6. The summed E-state index contributed by atoms with van der Waals surface area (Å²) in [6.45, 7) is 13.9. The molecule has 3 aliphatic carbocycles. The summed E-state index contributed by atoms with van der Waals surface area (Å²) in [5, 5.41) is 0. The fourth-order valence-corrected chi connectivity index (χ4v) is 6.25. The minimum atomic E-state index is -0.0654. The van der Waals surface area contributed by atoms with Gasteiger partial charge in [-0.2, -0.15) is 0 Å². The first-order valence-corrected chi connectivity index (χ1v) is 11.6. The molecule has 0 aromatic rings. The number of ether oxygens (including phenoxy) is 1. The van der Waals surface area contributed by atoms with Gasteiger partial charge >= 0.3 is 5.97 Å². The lowest BCUT2D eigenvalue weighted by atomic mass is 9.61. The van der Waals surface area contributed by atoms with Crippen LogP contribution in [0.15, 0.2) is 35.5 Å². The first-order valence-electron chi connectivity index (χ1n) is 11.6. The number of carbonyl (C=O) groups excluding carboxylic acids is 1. The molecule has 2 nitrogen and oxygen atoms in total. The lowest BCUT2D eigenvalue weighted by molar-refractivity contribution is -0.145. The zero-order valence-electron chi connectivity index (χ0n) is 18.6. The number of carbonyl (C=O) groups is 1. The molecule has 0 heterocycles. The van der Waals surface area contributed by atoms with E-state index in [-0.39, 0.29) is 5.97 Å². The Balaban J connectivity index is 1.72. The standard InChI is InChI=1S/C26H40O2/c1-6-25(27)28-17-20(4)23-13-14-24-21(8-7-15-26(23,24)5)11-12-22-16-18(2)9-10-19(22)3/h11-12,18,20,23-24H,3,6-10,13-17H2,1-2,4-5H3. The largest absolute Gasteiger partial charge is 0.465 e. The summed E-state index contributed by atoms with van der Waals surface area (Å²) in [7, 11) is 0. The van der Waals surface area contributed by atoms with Crippen LogP contribution >= 0.6 is 0 Å². The third-order valence-electron chi connectivity index (χ3n) is 7.98. The van der Waals surface area contributed by atoms with Crippen LogP contribution in [0.3, 0.4) is 0 Å². The number of rotatable bonds is 5. The van der Waals surface area contributed by atoms with E-state index in [9.17, 15) is 4.79 Å². The molecule has 2 heteroatoms. The highest BCUT2D eigenvalue weighted by atomic mass is 16.5. The lowest BCUT2D eigenvalue weighted by Gasteiger charge is -2.44. The molecule has 0 aliphatic heterocycles. The van der Waals surface area contributed by atoms with Crippen LogP contribution < -0.4 is 0 Å². The first-order chi connectivity index (χ1) is 13.3. The second-order valence-corrected chi connectivity index (χ2v) is 9.99. The Morgan fingerprint density at radius 3 is 2.82 bits per heavy atom. The van der Waals surface area contributed by atoms with Gasteiger partial charge in [-0.3, -0.25) is 4.79 Å². The van der Waals surface area contributed by atoms with Crippen LogP contribution in [0.5, 0.6) is 0 Å². The highest BCUT2D eigenvalue weighted by Gasteiger charge is 2.50. The summed E-state index contributed by atoms with van der Waals surface area (Å²) in [4.78, 5) is 11.6. The fourth-order valence-electron chi connectivity index (χ4n) is 6.25. The van der Waals surface area contributed by atoms with Gasteiger partial charge in [-0.25, -0.2) is 0 Å². The van der Waals surface area contributed by atoms with E-state index in [2.05, 4.69) is 39.5 Å². The number of fused-ring (bicyclic) bond motifs is 1. The van der Waals surface area contributed by atoms with Crippen molar-refractivity contribution in [3.8, 4) is 0 Å². The van der Waals surface area contributed by atoms with Crippen molar-refractivity contribution in [1.82, 2.24) is 0 Å². The van der Waals surface area contributed by atoms with Crippen molar-refractivity contribution in [2.24, 2.45) is 29.1 Å². The molecule has 28 heavy (non-hydrogen) atoms. The van der Waals surface area contributed by atoms with Crippen LogP contribution in [0.4, 0.5) is 0 Å². The third kappa shape index (κ3) is 4.47. The molecular weight excluding hydrogens is 344 g/mol. The minimum Gasteiger partial charge on any atom is -0.465 e. The van der Waals surface area contributed by atoms with Gasteiger partial charge < -0.3 is 4.74 Å². The van der Waals surface area contributed by atoms with Gasteiger partial charge in [0.15, 0.2) is 0 Å². The van der Waals surface area contributed by atoms with Gasteiger partial charge in [-0.05, 0) is 86.0 Å². The molecule has 0 aromatic heterocycles. The molecule has 3 saturated carbocycles. The molecule has 156 valence electrons. The Kier molecular flexibility index (Phi) is 6.89. The zero-order valence-corrected chi connectivity index (χ0v) is 18.6. The quantitative estimate of drug-likeness (QED) is 0.476. The molecule has 0 bridgehead atoms. The number of hydrogen-bond acceptors (Lipinski definition) is 2. The summed E-state index contributed by atoms with van der Waals surface area (Å²) >= 11 is 0. The molecule has 0 radical (unpaired) electrons. The van der Waals surface area contributed by atoms with Crippen molar-refractivity contribution >= 4 is 5.97 Å². The molecule has 0 N–H and O–H groups in total. The Labute approximate surface area is 172 Å². The van der Waals surface area contributed by atoms with Crippen LogP contribution in [0, 0.1) is 29.1 Å². The Hall–Kier alpha value is -1.31. The van der Waals surface area contributed by atoms with Crippen LogP contribution in [-0.2, 0) is 9.53 Å². The summed E-state index contributed by atoms with van der Waals surface area (Å²) in [6, 6.07) is 0. The van der Waals surface area contributed by atoms with Crippen molar-refractivity contribution < 1.29 is 9.53 Å². The van der Waals surface area contributed by atoms with E-state index >= 15 is 0 Å². The van der Waals surface area contributed by atoms with Crippen LogP contribution in [-0.4, -0.2) is 12.6 Å². The van der Waals surface area contributed by atoms with Crippen molar-refractivity contribution in [3.05, 3.63) is 35.5 Å². The maximum atomic E-state index is 11.6. The van der Waals surface area contributed by atoms with Crippen molar-refractivity contribution in [1.29, 1.82) is 0 Å². The molecular formula is C26H40O2. The van der Waals surface area contributed by atoms with E-state index in [1.807, 2.05) is 6.92 Å². The van der Waals surface area contributed by atoms with E-state index in [4.69, 9.17) is 4.74 Å². The highest BCUT2D eigenvalue weighted by Crippen LogP contribution is 2.59. The maximum Gasteiger partial charge on any atom is 0.305 e. The van der Waals surface area contributed by atoms with E-state index in [1.165, 1.54) is 56.1 Å². The summed E-state index contributed by atoms with van der Waals surface area (Å²) in [5.74, 6) is 2.52. The van der Waals surface area contributed by atoms with E-state index in [0.29, 0.717) is 36.2 Å². The SMILES string of the molecule is C=C1CCC(C)CC1=CC=C1CCCC2(C)C1CCC2C(C)COC(=O)CC. The van der Waals surface area contributed by atoms with Gasteiger partial charge in [-0.1, -0.05) is 57.6 Å². The predicted octanol–water partition coefficient (Wildman–Crippen LogP) is 7.02. The molecule has 5 atom stereocenters. The average molecular weight is 385 g/mol. The topological polar surface area (TPSA) is 26.3 Å². The van der Waals surface area contributed by atoms with Gasteiger partial charge in [-0.15, -0.1) is 0 Å². The van der Waals surface area contributed by atoms with Gasteiger partial charge in [0.2, 0.25) is 0 Å². The fraction of sp³-hybridized carbons (Fsp3) is 0.731. The van der Waals surface area contributed by atoms with Crippen LogP contribution in [0.1, 0.15) is 85.5 Å². The summed E-state index contributed by atoms with van der Waals surface area (Å²) < 4.78 is 5.49. The average Bonchev–Trinajstić information content (AvgIpc) is 3.04. The molecule has 3 aliphatic rings. The summed E-state index contributed by atoms with van der Waals surface area (Å²) in [5.41, 5.74) is 4.85. The molecule has 0 aromatic carbocycles. The van der Waals surface area contributed by atoms with Crippen molar-refractivity contribution in [2.45, 2.75) is 85.5 Å². The van der Waals surface area contributed by atoms with Gasteiger partial charge in [0.05, 0.1) is 6.61 Å². The predicted molar refractivity (Wildman–Crippen MR) is 117 cm³/mol. The smallest absolute Gasteiger partial charge is 0.305 e. The van der Waals surface area contributed by atoms with Gasteiger partial charge in [0, 0.05) is 6.42 Å². The molecule has 0 saturated heterocycles.